The summed E-state index contributed by atoms with van der Waals surface area (Å²) in [6.45, 7) is 77.6. The maximum atomic E-state index is 11.5. The van der Waals surface area contributed by atoms with Gasteiger partial charge in [0.25, 0.3) is 0 Å². The number of allylic oxidation sites excluding steroid dienone is 1. The second-order valence-corrected chi connectivity index (χ2v) is 33.6. The van der Waals surface area contributed by atoms with Gasteiger partial charge in [0.05, 0.1) is 6.54 Å². The summed E-state index contributed by atoms with van der Waals surface area (Å²) in [6.07, 6.45) is 14.9. The Hall–Kier alpha value is -3.15. The molecule has 4 amide bonds. The molecule has 0 aromatic rings. The van der Waals surface area contributed by atoms with Crippen LogP contribution >= 0.6 is 0 Å². The molecule has 0 bridgehead atoms. The first kappa shape index (κ1) is 91.3. The number of nitrogens with two attached hydrogens (primary N) is 1. The normalized spacial score (nSPS) is 12.3. The van der Waals surface area contributed by atoms with Crippen LogP contribution in [-0.4, -0.2) is 61.5 Å². The molecule has 78 heavy (non-hydrogen) atoms. The quantitative estimate of drug-likeness (QED) is 0.0958. The van der Waals surface area contributed by atoms with E-state index >= 15 is 0 Å². The first-order chi connectivity index (χ1) is 34.0. The van der Waals surface area contributed by atoms with Crippen molar-refractivity contribution in [1.29, 1.82) is 0 Å². The Morgan fingerprint density at radius 1 is 0.526 bits per heavy atom. The van der Waals surface area contributed by atoms with E-state index in [2.05, 4.69) is 196 Å². The number of ketones is 1. The van der Waals surface area contributed by atoms with Crippen molar-refractivity contribution >= 4 is 29.4 Å². The van der Waals surface area contributed by atoms with Crippen LogP contribution in [0.15, 0.2) is 12.7 Å². The van der Waals surface area contributed by atoms with Crippen LogP contribution in [0.4, 0.5) is 0 Å². The lowest BCUT2D eigenvalue weighted by Crippen LogP contribution is -2.30. The molecule has 0 fully saturated rings. The minimum Gasteiger partial charge on any atom is -0.370 e. The Kier molecular flexibility index (Phi) is 50.0. The van der Waals surface area contributed by atoms with Crippen LogP contribution < -0.4 is 16.4 Å². The Morgan fingerprint density at radius 3 is 1.04 bits per heavy atom. The van der Waals surface area contributed by atoms with E-state index in [1.165, 1.54) is 19.3 Å². The van der Waals surface area contributed by atoms with Gasteiger partial charge < -0.3 is 21.3 Å². The van der Waals surface area contributed by atoms with E-state index in [4.69, 9.17) is 12.2 Å². The molecule has 0 aromatic carbocycles. The van der Waals surface area contributed by atoms with Crippen LogP contribution in [0.1, 0.15) is 293 Å². The summed E-state index contributed by atoms with van der Waals surface area (Å²) in [5.74, 6) is 5.87. The zero-order valence-corrected chi connectivity index (χ0v) is 59.5. The largest absolute Gasteiger partial charge is 0.370 e. The van der Waals surface area contributed by atoms with Crippen LogP contribution in [0, 0.1) is 84.8 Å². The van der Waals surface area contributed by atoms with Gasteiger partial charge in [-0.2, -0.15) is 0 Å². The Morgan fingerprint density at radius 2 is 0.885 bits per heavy atom. The van der Waals surface area contributed by atoms with E-state index in [1.807, 2.05) is 68.4 Å². The molecular formula is C69H142N4O5. The fourth-order valence-corrected chi connectivity index (χ4v) is 6.44. The molecule has 0 saturated carbocycles. The molecular weight excluding hydrogens is 965 g/mol. The fraction of sp³-hybridized carbons (Fsp3) is 0.870. The molecule has 9 nitrogen and oxygen atoms in total. The zero-order chi connectivity index (χ0) is 64.9. The van der Waals surface area contributed by atoms with Crippen LogP contribution in [0.25, 0.3) is 0 Å². The molecule has 1 unspecified atom stereocenters. The SMILES string of the molecule is C#CCNC(=O)CC(C)(C)C.C=CCCCC(C)(C)C.CC(C)(C)CC(=O)C(C)(C)C.CC(C)(C)CC(N)=O.CC(C)C(C)C(C)(C)C.CC(C)CC(C)(C)C.CC(C)CNC(=O)CC(C)(C)C.CN(C)C(=O)CC(C)(C)C. The topological polar surface area (TPSA) is 139 Å². The predicted octanol–water partition coefficient (Wildman–Crippen LogP) is 18.6. The molecule has 0 heterocycles. The number of carbonyl (C=O) groups excluding carboxylic acids is 5. The highest BCUT2D eigenvalue weighted by atomic mass is 16.2. The van der Waals surface area contributed by atoms with Crippen molar-refractivity contribution in [3.05, 3.63) is 12.7 Å². The third-order valence-electron chi connectivity index (χ3n) is 10.6. The maximum Gasteiger partial charge on any atom is 0.222 e. The van der Waals surface area contributed by atoms with Gasteiger partial charge in [-0.1, -0.05) is 247 Å². The lowest BCUT2D eigenvalue weighted by Gasteiger charge is -2.30. The highest BCUT2D eigenvalue weighted by molar-refractivity contribution is 5.84. The lowest BCUT2D eigenvalue weighted by molar-refractivity contribution is -0.130. The fourth-order valence-electron chi connectivity index (χ4n) is 6.44. The van der Waals surface area contributed by atoms with Crippen molar-refractivity contribution in [3.8, 4) is 12.3 Å². The van der Waals surface area contributed by atoms with E-state index in [0.717, 1.165) is 30.7 Å². The van der Waals surface area contributed by atoms with E-state index in [1.54, 1.807) is 19.0 Å². The monoisotopic (exact) mass is 1110 g/mol. The Bertz CT molecular complexity index is 1600. The van der Waals surface area contributed by atoms with Crippen LogP contribution in [0.5, 0.6) is 0 Å². The summed E-state index contributed by atoms with van der Waals surface area (Å²) < 4.78 is 0. The molecule has 468 valence electrons. The van der Waals surface area contributed by atoms with Gasteiger partial charge in [0, 0.05) is 58.2 Å². The summed E-state index contributed by atoms with van der Waals surface area (Å²) in [5, 5.41) is 5.51. The number of hydrogen-bond donors (Lipinski definition) is 3. The van der Waals surface area contributed by atoms with Gasteiger partial charge in [0.15, 0.2) is 0 Å². The van der Waals surface area contributed by atoms with Gasteiger partial charge in [-0.3, -0.25) is 24.0 Å². The summed E-state index contributed by atoms with van der Waals surface area (Å²) in [6, 6.07) is 0. The number of nitrogens with zero attached hydrogens (tertiary/aromatic N) is 1. The summed E-state index contributed by atoms with van der Waals surface area (Å²) in [4.78, 5) is 56.7. The highest BCUT2D eigenvalue weighted by Crippen LogP contribution is 2.31. The summed E-state index contributed by atoms with van der Waals surface area (Å²) >= 11 is 0. The smallest absolute Gasteiger partial charge is 0.222 e. The third-order valence-corrected chi connectivity index (χ3v) is 10.6. The first-order valence-electron chi connectivity index (χ1n) is 29.6. The first-order valence-corrected chi connectivity index (χ1v) is 29.6. The van der Waals surface area contributed by atoms with Gasteiger partial charge in [0.1, 0.15) is 5.78 Å². The van der Waals surface area contributed by atoms with Crippen molar-refractivity contribution in [2.75, 3.05) is 27.2 Å². The van der Waals surface area contributed by atoms with E-state index in [9.17, 15) is 24.0 Å². The zero-order valence-electron chi connectivity index (χ0n) is 59.5. The molecule has 0 aromatic heterocycles. The van der Waals surface area contributed by atoms with Gasteiger partial charge in [-0.15, -0.1) is 13.0 Å². The molecule has 4 N–H and O–H groups in total. The number of primary amides is 1. The van der Waals surface area contributed by atoms with Crippen LogP contribution in [-0.2, 0) is 24.0 Å². The van der Waals surface area contributed by atoms with Crippen LogP contribution in [0.2, 0.25) is 0 Å². The van der Waals surface area contributed by atoms with Crippen molar-refractivity contribution < 1.29 is 24.0 Å². The molecule has 0 saturated heterocycles. The molecule has 0 radical (unpaired) electrons. The number of carbonyl (C=O) groups is 5. The third kappa shape index (κ3) is 98.3. The average molecular weight is 1110 g/mol. The van der Waals surface area contributed by atoms with E-state index in [-0.39, 0.29) is 56.1 Å². The standard InChI is InChI=1S/C10H21NO.C10H20O.C9H15NO.C9H20.C9H18.C8H17NO.C8H18.C6H13NO/c1-8(2)7-11-9(12)6-10(3,4)5;1-9(2,3)7-8(11)10(4,5)6;1-5-6-10-8(11)7-9(2,3)4;1-7(2)8(3)9(4,5)6;1-5-6-7-8-9(2,3)4;1-8(2,3)6-7(10)9(4)5;1-7(2)6-8(3,4)5;1-6(2,3)4-5(7)8/h8H,6-7H2,1-5H3,(H,11,12);7H2,1-6H3;1H,6-7H2,2-4H3,(H,10,11);7-8H,1-6H3;5H,1,6-8H2,2-4H3;6H2,1-5H3;7H,6H2,1-5H3;4H2,1-3H3,(H2,7,8). The number of unbranched alkanes of at least 4 members (excludes halogenated alkanes) is 1. The molecule has 1 atom stereocenters. The molecule has 0 spiro atoms. The second kappa shape index (κ2) is 42.7. The molecule has 9 heteroatoms. The summed E-state index contributed by atoms with van der Waals surface area (Å²) in [5.41, 5.74) is 6.70. The van der Waals surface area contributed by atoms with Crippen molar-refractivity contribution in [2.24, 2.45) is 78.1 Å². The molecule has 0 aliphatic rings. The van der Waals surface area contributed by atoms with Gasteiger partial charge in [-0.05, 0) is 92.7 Å². The Labute approximate surface area is 490 Å². The molecule has 0 rings (SSSR count). The van der Waals surface area contributed by atoms with Crippen molar-refractivity contribution in [2.45, 2.75) is 293 Å². The number of Topliss-reactive ketones (excluding diaryl/α,β-unsaturated/α-hetero) is 1. The molecule has 0 aliphatic carbocycles. The number of nitrogens with one attached hydrogen (secondary N) is 2. The minimum absolute atomic E-state index is 0.0236. The maximum absolute atomic E-state index is 11.5. The van der Waals surface area contributed by atoms with Crippen molar-refractivity contribution in [3.63, 3.8) is 0 Å². The number of rotatable bonds is 13. The minimum atomic E-state index is -0.225. The Balaban J connectivity index is -0.000000120. The number of amides is 4. The van der Waals surface area contributed by atoms with E-state index in [0.29, 0.717) is 66.6 Å². The van der Waals surface area contributed by atoms with Crippen LogP contribution in [0.3, 0.4) is 0 Å². The highest BCUT2D eigenvalue weighted by Gasteiger charge is 2.26. The van der Waals surface area contributed by atoms with Gasteiger partial charge in [0.2, 0.25) is 23.6 Å². The second-order valence-electron chi connectivity index (χ2n) is 33.6. The van der Waals surface area contributed by atoms with E-state index < -0.39 is 0 Å². The number of hydrogen-bond acceptors (Lipinski definition) is 5. The lowest BCUT2D eigenvalue weighted by atomic mass is 9.76. The molecule has 0 aliphatic heterocycles. The van der Waals surface area contributed by atoms with Crippen molar-refractivity contribution in [1.82, 2.24) is 15.5 Å². The van der Waals surface area contributed by atoms with Gasteiger partial charge in [-0.25, -0.2) is 0 Å². The average Bonchev–Trinajstić information content (AvgIpc) is 3.12. The van der Waals surface area contributed by atoms with Gasteiger partial charge >= 0.3 is 0 Å². The summed E-state index contributed by atoms with van der Waals surface area (Å²) in [7, 11) is 3.57. The predicted molar refractivity (Wildman–Crippen MR) is 348 cm³/mol. The number of terminal acetylenes is 1.